The number of carbonyl (C=O) groups is 3. The zero-order valence-corrected chi connectivity index (χ0v) is 17.6. The molecule has 1 aliphatic rings. The molecule has 1 aliphatic carbocycles. The van der Waals surface area contributed by atoms with Gasteiger partial charge in [-0.15, -0.1) is 11.3 Å². The summed E-state index contributed by atoms with van der Waals surface area (Å²) < 4.78 is 15.3. The molecule has 7 nitrogen and oxygen atoms in total. The van der Waals surface area contributed by atoms with E-state index in [4.69, 9.17) is 14.2 Å². The second kappa shape index (κ2) is 8.65. The maximum atomic E-state index is 12.4. The molecule has 0 radical (unpaired) electrons. The van der Waals surface area contributed by atoms with Crippen molar-refractivity contribution >= 4 is 34.2 Å². The van der Waals surface area contributed by atoms with Gasteiger partial charge in [0, 0.05) is 4.88 Å². The Morgan fingerprint density at radius 3 is 2.55 bits per heavy atom. The summed E-state index contributed by atoms with van der Waals surface area (Å²) in [5.74, 6) is -1.33. The van der Waals surface area contributed by atoms with Gasteiger partial charge >= 0.3 is 11.9 Å². The van der Waals surface area contributed by atoms with E-state index < -0.39 is 23.8 Å². The van der Waals surface area contributed by atoms with Crippen molar-refractivity contribution in [1.29, 1.82) is 0 Å². The van der Waals surface area contributed by atoms with Gasteiger partial charge in [-0.3, -0.25) is 9.59 Å². The molecule has 1 aromatic heterocycles. The van der Waals surface area contributed by atoms with Crippen LogP contribution in [0.25, 0.3) is 0 Å². The van der Waals surface area contributed by atoms with Crippen LogP contribution < -0.4 is 10.1 Å². The first kappa shape index (κ1) is 20.9. The molecule has 154 valence electrons. The largest absolute Gasteiger partial charge is 0.484 e. The number of rotatable bonds is 6. The predicted molar refractivity (Wildman–Crippen MR) is 109 cm³/mol. The van der Waals surface area contributed by atoms with E-state index in [2.05, 4.69) is 5.32 Å². The molecule has 1 aromatic carbocycles. The Kier molecular flexibility index (Phi) is 6.22. The number of thiophene rings is 1. The van der Waals surface area contributed by atoms with Crippen LogP contribution in [-0.2, 0) is 25.5 Å². The maximum Gasteiger partial charge on any atom is 0.341 e. The van der Waals surface area contributed by atoms with E-state index in [0.717, 1.165) is 16.0 Å². The summed E-state index contributed by atoms with van der Waals surface area (Å²) in [5.41, 5.74) is 3.02. The van der Waals surface area contributed by atoms with Crippen LogP contribution in [0, 0.1) is 13.8 Å². The number of hydrogen-bond donors (Lipinski definition) is 1. The number of aryl methyl sites for hydroxylation is 3. The Morgan fingerprint density at radius 2 is 1.90 bits per heavy atom. The average Bonchev–Trinajstić information content (AvgIpc) is 3.26. The van der Waals surface area contributed by atoms with Crippen LogP contribution in [0.4, 0.5) is 5.00 Å². The van der Waals surface area contributed by atoms with E-state index in [-0.39, 0.29) is 12.2 Å². The van der Waals surface area contributed by atoms with Crippen molar-refractivity contribution in [3.05, 3.63) is 45.3 Å². The zero-order valence-electron chi connectivity index (χ0n) is 16.8. The van der Waals surface area contributed by atoms with Gasteiger partial charge in [0.15, 0.2) is 6.61 Å². The second-order valence-corrected chi connectivity index (χ2v) is 7.94. The van der Waals surface area contributed by atoms with Crippen LogP contribution in [0.5, 0.6) is 5.75 Å². The summed E-state index contributed by atoms with van der Waals surface area (Å²) in [7, 11) is 2.58. The SMILES string of the molecule is COC(=O)c1c(NC(=O)COc2ccc(C)c(C)c2)sc2c1C(C(=O)OC)CC2. The summed E-state index contributed by atoms with van der Waals surface area (Å²) in [6.07, 6.45) is 1.21. The van der Waals surface area contributed by atoms with Crippen LogP contribution in [0.1, 0.15) is 44.3 Å². The lowest BCUT2D eigenvalue weighted by atomic mass is 9.99. The number of esters is 2. The van der Waals surface area contributed by atoms with Crippen LogP contribution in [-0.4, -0.2) is 38.7 Å². The van der Waals surface area contributed by atoms with Gasteiger partial charge < -0.3 is 19.5 Å². The molecular formula is C21H23NO6S. The first-order valence-electron chi connectivity index (χ1n) is 9.17. The minimum absolute atomic E-state index is 0.202. The molecule has 0 spiro atoms. The fourth-order valence-corrected chi connectivity index (χ4v) is 4.63. The number of ether oxygens (including phenoxy) is 3. The molecule has 0 aliphatic heterocycles. The highest BCUT2D eigenvalue weighted by atomic mass is 32.1. The van der Waals surface area contributed by atoms with Crippen LogP contribution in [0.2, 0.25) is 0 Å². The monoisotopic (exact) mass is 417 g/mol. The lowest BCUT2D eigenvalue weighted by molar-refractivity contribution is -0.142. The van der Waals surface area contributed by atoms with Gasteiger partial charge in [-0.05, 0) is 55.5 Å². The molecule has 29 heavy (non-hydrogen) atoms. The molecular weight excluding hydrogens is 394 g/mol. The zero-order chi connectivity index (χ0) is 21.1. The third-order valence-corrected chi connectivity index (χ3v) is 6.19. The topological polar surface area (TPSA) is 90.9 Å². The number of anilines is 1. The highest BCUT2D eigenvalue weighted by Gasteiger charge is 2.38. The van der Waals surface area contributed by atoms with Crippen molar-refractivity contribution < 1.29 is 28.6 Å². The number of nitrogens with one attached hydrogen (secondary N) is 1. The Bertz CT molecular complexity index is 964. The molecule has 0 saturated heterocycles. The third kappa shape index (κ3) is 4.27. The third-order valence-electron chi connectivity index (χ3n) is 5.01. The molecule has 0 fully saturated rings. The quantitative estimate of drug-likeness (QED) is 0.725. The summed E-state index contributed by atoms with van der Waals surface area (Å²) in [6.45, 7) is 3.76. The minimum Gasteiger partial charge on any atom is -0.484 e. The van der Waals surface area contributed by atoms with E-state index in [1.165, 1.54) is 25.6 Å². The van der Waals surface area contributed by atoms with E-state index in [0.29, 0.717) is 29.2 Å². The lowest BCUT2D eigenvalue weighted by Gasteiger charge is -2.12. The smallest absolute Gasteiger partial charge is 0.341 e. The van der Waals surface area contributed by atoms with E-state index in [9.17, 15) is 14.4 Å². The fourth-order valence-electron chi connectivity index (χ4n) is 3.35. The van der Waals surface area contributed by atoms with E-state index in [1.54, 1.807) is 6.07 Å². The van der Waals surface area contributed by atoms with E-state index in [1.807, 2.05) is 26.0 Å². The van der Waals surface area contributed by atoms with Crippen LogP contribution in [0.15, 0.2) is 18.2 Å². The second-order valence-electron chi connectivity index (χ2n) is 6.83. The predicted octanol–water partition coefficient (Wildman–Crippen LogP) is 3.37. The normalized spacial score (nSPS) is 14.8. The molecule has 3 rings (SSSR count). The van der Waals surface area contributed by atoms with Crippen molar-refractivity contribution in [3.8, 4) is 5.75 Å². The van der Waals surface area contributed by atoms with Crippen LogP contribution in [0.3, 0.4) is 0 Å². The maximum absolute atomic E-state index is 12.4. The number of methoxy groups -OCH3 is 2. The first-order valence-corrected chi connectivity index (χ1v) is 9.99. The average molecular weight is 417 g/mol. The Balaban J connectivity index is 1.78. The molecule has 0 saturated carbocycles. The van der Waals surface area contributed by atoms with Gasteiger partial charge in [-0.2, -0.15) is 0 Å². The van der Waals surface area contributed by atoms with Gasteiger partial charge in [-0.25, -0.2) is 4.79 Å². The summed E-state index contributed by atoms with van der Waals surface area (Å²) >= 11 is 1.28. The molecule has 0 bridgehead atoms. The molecule has 1 N–H and O–H groups in total. The highest BCUT2D eigenvalue weighted by molar-refractivity contribution is 7.17. The molecule has 2 aromatic rings. The fraction of sp³-hybridized carbons (Fsp3) is 0.381. The standard InChI is InChI=1S/C21H23NO6S/c1-11-5-6-13(9-12(11)2)28-10-16(23)22-19-18(21(25)27-4)17-14(20(24)26-3)7-8-15(17)29-19/h5-6,9,14H,7-8,10H2,1-4H3,(H,22,23). The van der Waals surface area contributed by atoms with Gasteiger partial charge in [0.1, 0.15) is 10.8 Å². The molecule has 1 amide bonds. The van der Waals surface area contributed by atoms with Gasteiger partial charge in [-0.1, -0.05) is 6.07 Å². The van der Waals surface area contributed by atoms with Crippen molar-refractivity contribution in [3.63, 3.8) is 0 Å². The van der Waals surface area contributed by atoms with Crippen molar-refractivity contribution in [1.82, 2.24) is 0 Å². The van der Waals surface area contributed by atoms with Crippen LogP contribution >= 0.6 is 11.3 Å². The van der Waals surface area contributed by atoms with Crippen molar-refractivity contribution in [2.24, 2.45) is 0 Å². The molecule has 1 heterocycles. The number of carbonyl (C=O) groups excluding carboxylic acids is 3. The van der Waals surface area contributed by atoms with Gasteiger partial charge in [0.2, 0.25) is 0 Å². The molecule has 1 unspecified atom stereocenters. The highest BCUT2D eigenvalue weighted by Crippen LogP contribution is 2.45. The first-order chi connectivity index (χ1) is 13.8. The molecule has 1 atom stereocenters. The molecule has 8 heteroatoms. The lowest BCUT2D eigenvalue weighted by Crippen LogP contribution is -2.22. The van der Waals surface area contributed by atoms with Crippen molar-refractivity contribution in [2.75, 3.05) is 26.1 Å². The van der Waals surface area contributed by atoms with Gasteiger partial charge in [0.05, 0.1) is 25.7 Å². The number of benzene rings is 1. The minimum atomic E-state index is -0.594. The van der Waals surface area contributed by atoms with Crippen molar-refractivity contribution in [2.45, 2.75) is 32.6 Å². The Morgan fingerprint density at radius 1 is 1.14 bits per heavy atom. The summed E-state index contributed by atoms with van der Waals surface area (Å²) in [6, 6.07) is 5.59. The number of hydrogen-bond acceptors (Lipinski definition) is 7. The number of fused-ring (bicyclic) bond motifs is 1. The summed E-state index contributed by atoms with van der Waals surface area (Å²) in [5, 5.41) is 3.10. The Labute approximate surface area is 173 Å². The van der Waals surface area contributed by atoms with Gasteiger partial charge in [0.25, 0.3) is 5.91 Å². The Hall–Kier alpha value is -2.87. The summed E-state index contributed by atoms with van der Waals surface area (Å²) in [4.78, 5) is 37.8. The van der Waals surface area contributed by atoms with E-state index >= 15 is 0 Å². The number of amides is 1.